The van der Waals surface area contributed by atoms with E-state index in [2.05, 4.69) is 20.9 Å². The smallest absolute Gasteiger partial charge is 0.410 e. The minimum absolute atomic E-state index is 0.0181. The van der Waals surface area contributed by atoms with Crippen LogP contribution in [-0.4, -0.2) is 48.8 Å². The number of rotatable bonds is 3. The van der Waals surface area contributed by atoms with Gasteiger partial charge in [0.25, 0.3) is 0 Å². The Kier molecular flexibility index (Phi) is 5.35. The van der Waals surface area contributed by atoms with E-state index in [0.29, 0.717) is 24.1 Å². The van der Waals surface area contributed by atoms with Crippen molar-refractivity contribution in [2.75, 3.05) is 18.8 Å². The van der Waals surface area contributed by atoms with Crippen LogP contribution in [0.15, 0.2) is 27.8 Å². The van der Waals surface area contributed by atoms with Crippen LogP contribution in [0.2, 0.25) is 0 Å². The molecule has 1 aliphatic heterocycles. The van der Waals surface area contributed by atoms with E-state index >= 15 is 0 Å². The number of hydrogen-bond acceptors (Lipinski definition) is 5. The van der Waals surface area contributed by atoms with Gasteiger partial charge in [0.05, 0.1) is 5.75 Å². The molecule has 0 aliphatic carbocycles. The maximum atomic E-state index is 12.4. The molecule has 2 heterocycles. The van der Waals surface area contributed by atoms with Gasteiger partial charge in [0.15, 0.2) is 14.9 Å². The van der Waals surface area contributed by atoms with Crippen LogP contribution in [0.25, 0.3) is 0 Å². The second kappa shape index (κ2) is 6.76. The van der Waals surface area contributed by atoms with Gasteiger partial charge in [-0.3, -0.25) is 0 Å². The third-order valence-corrected chi connectivity index (χ3v) is 5.62. The fourth-order valence-corrected chi connectivity index (χ4v) is 4.47. The lowest BCUT2D eigenvalue weighted by atomic mass is 10.2. The van der Waals surface area contributed by atoms with Gasteiger partial charge in [-0.1, -0.05) is 6.07 Å². The zero-order valence-corrected chi connectivity index (χ0v) is 15.9. The summed E-state index contributed by atoms with van der Waals surface area (Å²) in [4.78, 5) is 17.6. The maximum absolute atomic E-state index is 12.4. The van der Waals surface area contributed by atoms with Gasteiger partial charge >= 0.3 is 6.09 Å². The molecule has 0 bridgehead atoms. The van der Waals surface area contributed by atoms with Gasteiger partial charge < -0.3 is 9.64 Å². The monoisotopic (exact) mass is 404 g/mol. The summed E-state index contributed by atoms with van der Waals surface area (Å²) in [5.74, 6) is -0.122. The highest BCUT2D eigenvalue weighted by molar-refractivity contribution is 9.10. The molecule has 6 nitrogen and oxygen atoms in total. The molecule has 1 fully saturated rings. The van der Waals surface area contributed by atoms with Crippen molar-refractivity contribution in [3.63, 3.8) is 0 Å². The van der Waals surface area contributed by atoms with Crippen LogP contribution in [0.3, 0.4) is 0 Å². The van der Waals surface area contributed by atoms with Crippen molar-refractivity contribution >= 4 is 31.9 Å². The van der Waals surface area contributed by atoms with Crippen LogP contribution in [0.5, 0.6) is 0 Å². The van der Waals surface area contributed by atoms with Crippen molar-refractivity contribution in [2.24, 2.45) is 5.92 Å². The fraction of sp³-hybridized carbons (Fsp3) is 0.600. The first-order valence-electron chi connectivity index (χ1n) is 7.40. The Labute approximate surface area is 145 Å². The van der Waals surface area contributed by atoms with Gasteiger partial charge in [-0.2, -0.15) is 0 Å². The summed E-state index contributed by atoms with van der Waals surface area (Å²) >= 11 is 3.18. The second-order valence-electron chi connectivity index (χ2n) is 6.66. The van der Waals surface area contributed by atoms with Gasteiger partial charge in [0, 0.05) is 13.1 Å². The lowest BCUT2D eigenvalue weighted by Gasteiger charge is -2.24. The zero-order chi connectivity index (χ0) is 17.3. The van der Waals surface area contributed by atoms with Crippen LogP contribution in [-0.2, 0) is 14.6 Å². The first kappa shape index (κ1) is 18.2. The van der Waals surface area contributed by atoms with Gasteiger partial charge in [-0.25, -0.2) is 18.2 Å². The van der Waals surface area contributed by atoms with Crippen molar-refractivity contribution in [3.8, 4) is 0 Å². The minimum atomic E-state index is -3.47. The minimum Gasteiger partial charge on any atom is -0.444 e. The number of sulfone groups is 1. The number of likely N-dealkylation sites (tertiary alicyclic amines) is 1. The quantitative estimate of drug-likeness (QED) is 0.723. The van der Waals surface area contributed by atoms with E-state index in [9.17, 15) is 13.2 Å². The van der Waals surface area contributed by atoms with Crippen molar-refractivity contribution in [2.45, 2.75) is 37.8 Å². The Morgan fingerprint density at radius 1 is 1.43 bits per heavy atom. The van der Waals surface area contributed by atoms with Gasteiger partial charge in [0.2, 0.25) is 0 Å². The summed E-state index contributed by atoms with van der Waals surface area (Å²) in [6, 6.07) is 4.81. The van der Waals surface area contributed by atoms with E-state index in [-0.39, 0.29) is 16.7 Å². The topological polar surface area (TPSA) is 76.6 Å². The number of aromatic nitrogens is 1. The Bertz CT molecular complexity index is 685. The van der Waals surface area contributed by atoms with Crippen LogP contribution < -0.4 is 0 Å². The summed E-state index contributed by atoms with van der Waals surface area (Å²) in [5.41, 5.74) is -0.554. The maximum Gasteiger partial charge on any atom is 0.410 e. The van der Waals surface area contributed by atoms with E-state index in [4.69, 9.17) is 4.74 Å². The largest absolute Gasteiger partial charge is 0.444 e. The third-order valence-electron chi connectivity index (χ3n) is 3.40. The van der Waals surface area contributed by atoms with Crippen molar-refractivity contribution in [3.05, 3.63) is 22.8 Å². The molecule has 1 aromatic heterocycles. The SMILES string of the molecule is CC(C)(C)OC(=O)N1CCC(CS(=O)(=O)c2cccc(Br)n2)C1. The molecule has 1 aromatic rings. The Balaban J connectivity index is 1.99. The van der Waals surface area contributed by atoms with Crippen molar-refractivity contribution in [1.82, 2.24) is 9.88 Å². The number of carbonyl (C=O) groups is 1. The van der Waals surface area contributed by atoms with E-state index in [1.807, 2.05) is 20.8 Å². The first-order valence-corrected chi connectivity index (χ1v) is 9.84. The van der Waals surface area contributed by atoms with Gasteiger partial charge in [-0.15, -0.1) is 0 Å². The summed E-state index contributed by atoms with van der Waals surface area (Å²) in [5, 5.41) is 0.0580. The van der Waals surface area contributed by atoms with E-state index in [1.54, 1.807) is 17.0 Å². The van der Waals surface area contributed by atoms with Crippen LogP contribution in [0.4, 0.5) is 4.79 Å². The highest BCUT2D eigenvalue weighted by atomic mass is 79.9. The molecule has 1 atom stereocenters. The number of halogens is 1. The highest BCUT2D eigenvalue weighted by Crippen LogP contribution is 2.23. The number of ether oxygens (including phenoxy) is 1. The summed E-state index contributed by atoms with van der Waals surface area (Å²) in [6.07, 6.45) is 0.255. The Morgan fingerprint density at radius 2 is 2.13 bits per heavy atom. The molecule has 0 saturated carbocycles. The first-order chi connectivity index (χ1) is 10.6. The second-order valence-corrected chi connectivity index (χ2v) is 9.45. The molecule has 1 amide bonds. The molecular weight excluding hydrogens is 384 g/mol. The average molecular weight is 405 g/mol. The molecule has 2 rings (SSSR count). The highest BCUT2D eigenvalue weighted by Gasteiger charge is 2.33. The number of pyridine rings is 1. The third kappa shape index (κ3) is 5.17. The molecule has 128 valence electrons. The average Bonchev–Trinajstić information content (AvgIpc) is 2.84. The standard InChI is InChI=1S/C15H21BrN2O4S/c1-15(2,3)22-14(19)18-8-7-11(9-18)10-23(20,21)13-6-4-5-12(16)17-13/h4-6,11H,7-10H2,1-3H3. The van der Waals surface area contributed by atoms with Gasteiger partial charge in [-0.05, 0) is 61.2 Å². The molecule has 0 aromatic carbocycles. The molecular formula is C15H21BrN2O4S. The molecule has 0 N–H and O–H groups in total. The molecule has 1 saturated heterocycles. The molecule has 8 heteroatoms. The summed E-state index contributed by atoms with van der Waals surface area (Å²) in [7, 11) is -3.47. The summed E-state index contributed by atoms with van der Waals surface area (Å²) < 4.78 is 30.7. The number of carbonyl (C=O) groups excluding carboxylic acids is 1. The van der Waals surface area contributed by atoms with Crippen LogP contribution in [0, 0.1) is 5.92 Å². The predicted molar refractivity (Wildman–Crippen MR) is 89.9 cm³/mol. The molecule has 1 aliphatic rings. The predicted octanol–water partition coefficient (Wildman–Crippen LogP) is 2.87. The van der Waals surface area contributed by atoms with E-state index < -0.39 is 21.5 Å². The van der Waals surface area contributed by atoms with Crippen LogP contribution in [0.1, 0.15) is 27.2 Å². The number of nitrogens with zero attached hydrogens (tertiary/aromatic N) is 2. The normalized spacial score (nSPS) is 19.0. The van der Waals surface area contributed by atoms with Crippen molar-refractivity contribution < 1.29 is 17.9 Å². The van der Waals surface area contributed by atoms with Gasteiger partial charge in [0.1, 0.15) is 10.2 Å². The molecule has 0 spiro atoms. The number of hydrogen-bond donors (Lipinski definition) is 0. The molecule has 0 radical (unpaired) electrons. The lowest BCUT2D eigenvalue weighted by molar-refractivity contribution is 0.0289. The number of amides is 1. The Morgan fingerprint density at radius 3 is 2.74 bits per heavy atom. The van der Waals surface area contributed by atoms with E-state index in [1.165, 1.54) is 6.07 Å². The summed E-state index contributed by atoms with van der Waals surface area (Å²) in [6.45, 7) is 6.33. The lowest BCUT2D eigenvalue weighted by Crippen LogP contribution is -2.35. The molecule has 1 unspecified atom stereocenters. The van der Waals surface area contributed by atoms with Crippen molar-refractivity contribution in [1.29, 1.82) is 0 Å². The van der Waals surface area contributed by atoms with E-state index in [0.717, 1.165) is 0 Å². The zero-order valence-electron chi connectivity index (χ0n) is 13.5. The Hall–Kier alpha value is -1.15. The molecule has 23 heavy (non-hydrogen) atoms. The fourth-order valence-electron chi connectivity index (χ4n) is 2.42. The van der Waals surface area contributed by atoms with Crippen LogP contribution >= 0.6 is 15.9 Å².